The Morgan fingerprint density at radius 1 is 1.22 bits per heavy atom. The van der Waals surface area contributed by atoms with Crippen LogP contribution >= 0.6 is 0 Å². The number of benzene rings is 1. The molecule has 4 nitrogen and oxygen atoms in total. The topological polar surface area (TPSA) is 49.4 Å². The maximum Gasteiger partial charge on any atom is 0.223 e. The first kappa shape index (κ1) is 17.7. The van der Waals surface area contributed by atoms with Gasteiger partial charge in [-0.3, -0.25) is 9.59 Å². The van der Waals surface area contributed by atoms with Crippen LogP contribution in [0, 0.1) is 5.92 Å². The Morgan fingerprint density at radius 2 is 1.91 bits per heavy atom. The number of amides is 1. The van der Waals surface area contributed by atoms with Crippen LogP contribution in [0.15, 0.2) is 24.3 Å². The van der Waals surface area contributed by atoms with E-state index in [0.717, 1.165) is 26.1 Å². The summed E-state index contributed by atoms with van der Waals surface area (Å²) in [6.45, 7) is 8.74. The summed E-state index contributed by atoms with van der Waals surface area (Å²) in [6, 6.07) is 8.14. The molecule has 1 aliphatic heterocycles. The molecule has 1 heterocycles. The molecule has 1 atom stereocenters. The first-order chi connectivity index (χ1) is 11.0. The Labute approximate surface area is 139 Å². The molecule has 1 N–H and O–H groups in total. The van der Waals surface area contributed by atoms with Crippen molar-refractivity contribution in [2.45, 2.75) is 46.1 Å². The molecule has 23 heavy (non-hydrogen) atoms. The van der Waals surface area contributed by atoms with Crippen LogP contribution in [-0.2, 0) is 11.2 Å². The molecule has 0 aromatic heterocycles. The Bertz CT molecular complexity index is 537. The Morgan fingerprint density at radius 3 is 2.52 bits per heavy atom. The number of hydrogen-bond donors (Lipinski definition) is 1. The minimum atomic E-state index is 0.0534. The zero-order valence-corrected chi connectivity index (χ0v) is 14.5. The van der Waals surface area contributed by atoms with Gasteiger partial charge in [0.2, 0.25) is 5.91 Å². The lowest BCUT2D eigenvalue weighted by Gasteiger charge is -2.31. The van der Waals surface area contributed by atoms with Crippen LogP contribution in [0.1, 0.15) is 49.5 Å². The van der Waals surface area contributed by atoms with E-state index < -0.39 is 0 Å². The summed E-state index contributed by atoms with van der Waals surface area (Å²) in [4.78, 5) is 26.3. The molecule has 4 heteroatoms. The first-order valence-electron chi connectivity index (χ1n) is 8.59. The number of carbonyl (C=O) groups is 2. The number of carbonyl (C=O) groups excluding carboxylic acids is 2. The monoisotopic (exact) mass is 316 g/mol. The van der Waals surface area contributed by atoms with Gasteiger partial charge in [-0.25, -0.2) is 0 Å². The standard InChI is InChI=1S/C19H28N2O2/c1-14(2)12-16-4-6-17(7-5-16)18(22)8-9-19(23)21-11-10-20-15(3)13-21/h4-7,14-15,20H,8-13H2,1-3H3. The highest BCUT2D eigenvalue weighted by Gasteiger charge is 2.21. The van der Waals surface area contributed by atoms with Crippen molar-refractivity contribution in [1.82, 2.24) is 10.2 Å². The van der Waals surface area contributed by atoms with Crippen molar-refractivity contribution in [3.8, 4) is 0 Å². The molecule has 126 valence electrons. The van der Waals surface area contributed by atoms with Crippen LogP contribution in [-0.4, -0.2) is 42.3 Å². The third-order valence-electron chi connectivity index (χ3n) is 4.21. The predicted molar refractivity (Wildman–Crippen MR) is 92.6 cm³/mol. The van der Waals surface area contributed by atoms with Crippen molar-refractivity contribution < 1.29 is 9.59 Å². The van der Waals surface area contributed by atoms with Gasteiger partial charge in [0.05, 0.1) is 0 Å². The zero-order chi connectivity index (χ0) is 16.8. The summed E-state index contributed by atoms with van der Waals surface area (Å²) in [5.74, 6) is 0.747. The number of hydrogen-bond acceptors (Lipinski definition) is 3. The van der Waals surface area contributed by atoms with E-state index in [9.17, 15) is 9.59 Å². The third kappa shape index (κ3) is 5.47. The van der Waals surface area contributed by atoms with Gasteiger partial charge in [-0.1, -0.05) is 38.1 Å². The van der Waals surface area contributed by atoms with E-state index in [1.807, 2.05) is 29.2 Å². The molecule has 0 aliphatic carbocycles. The molecular weight excluding hydrogens is 288 g/mol. The summed E-state index contributed by atoms with van der Waals surface area (Å²) < 4.78 is 0. The fourth-order valence-electron chi connectivity index (χ4n) is 2.98. The number of piperazine rings is 1. The number of ketones is 1. The molecule has 1 fully saturated rings. The van der Waals surface area contributed by atoms with Gasteiger partial charge in [-0.05, 0) is 24.8 Å². The molecule has 1 aromatic carbocycles. The molecular formula is C19H28N2O2. The smallest absolute Gasteiger partial charge is 0.223 e. The molecule has 0 saturated carbocycles. The molecule has 0 spiro atoms. The van der Waals surface area contributed by atoms with Crippen LogP contribution in [0.3, 0.4) is 0 Å². The lowest BCUT2D eigenvalue weighted by molar-refractivity contribution is -0.132. The Hall–Kier alpha value is -1.68. The SMILES string of the molecule is CC(C)Cc1ccc(C(=O)CCC(=O)N2CCNC(C)C2)cc1. The van der Waals surface area contributed by atoms with E-state index in [4.69, 9.17) is 0 Å². The highest BCUT2D eigenvalue weighted by molar-refractivity contribution is 5.98. The summed E-state index contributed by atoms with van der Waals surface area (Å²) in [6.07, 6.45) is 1.62. The molecule has 1 amide bonds. The largest absolute Gasteiger partial charge is 0.340 e. The average molecular weight is 316 g/mol. The van der Waals surface area contributed by atoms with Gasteiger partial charge in [-0.2, -0.15) is 0 Å². The van der Waals surface area contributed by atoms with Crippen molar-refractivity contribution in [3.63, 3.8) is 0 Å². The second-order valence-corrected chi connectivity index (χ2v) is 6.91. The fourth-order valence-corrected chi connectivity index (χ4v) is 2.98. The number of Topliss-reactive ketones (excluding diaryl/α,β-unsaturated/α-hetero) is 1. The van der Waals surface area contributed by atoms with Crippen LogP contribution in [0.2, 0.25) is 0 Å². The molecule has 1 aromatic rings. The van der Waals surface area contributed by atoms with Crippen LogP contribution in [0.4, 0.5) is 0 Å². The van der Waals surface area contributed by atoms with E-state index in [-0.39, 0.29) is 11.7 Å². The summed E-state index contributed by atoms with van der Waals surface area (Å²) in [5, 5.41) is 3.32. The van der Waals surface area contributed by atoms with Crippen LogP contribution < -0.4 is 5.32 Å². The molecule has 0 radical (unpaired) electrons. The summed E-state index contributed by atoms with van der Waals surface area (Å²) in [7, 11) is 0. The van der Waals surface area contributed by atoms with E-state index in [1.54, 1.807) is 0 Å². The van der Waals surface area contributed by atoms with Crippen molar-refractivity contribution in [2.24, 2.45) is 5.92 Å². The normalized spacial score (nSPS) is 18.3. The van der Waals surface area contributed by atoms with Crippen molar-refractivity contribution >= 4 is 11.7 Å². The third-order valence-corrected chi connectivity index (χ3v) is 4.21. The molecule has 2 rings (SSSR count). The van der Waals surface area contributed by atoms with E-state index in [1.165, 1.54) is 5.56 Å². The van der Waals surface area contributed by atoms with Crippen LogP contribution in [0.5, 0.6) is 0 Å². The van der Waals surface area contributed by atoms with Gasteiger partial charge in [0, 0.05) is 44.1 Å². The fraction of sp³-hybridized carbons (Fsp3) is 0.579. The number of nitrogens with one attached hydrogen (secondary N) is 1. The minimum Gasteiger partial charge on any atom is -0.340 e. The summed E-state index contributed by atoms with van der Waals surface area (Å²) in [5.41, 5.74) is 1.96. The highest BCUT2D eigenvalue weighted by atomic mass is 16.2. The van der Waals surface area contributed by atoms with Gasteiger partial charge in [0.15, 0.2) is 5.78 Å². The van der Waals surface area contributed by atoms with E-state index in [0.29, 0.717) is 30.4 Å². The van der Waals surface area contributed by atoms with Crippen molar-refractivity contribution in [3.05, 3.63) is 35.4 Å². The predicted octanol–water partition coefficient (Wildman–Crippen LogP) is 2.67. The quantitative estimate of drug-likeness (QED) is 0.821. The first-order valence-corrected chi connectivity index (χ1v) is 8.59. The van der Waals surface area contributed by atoms with Gasteiger partial charge in [0.1, 0.15) is 0 Å². The van der Waals surface area contributed by atoms with Gasteiger partial charge < -0.3 is 10.2 Å². The Kier molecular flexibility index (Phi) is 6.34. The van der Waals surface area contributed by atoms with E-state index >= 15 is 0 Å². The number of nitrogens with zero attached hydrogens (tertiary/aromatic N) is 1. The lowest BCUT2D eigenvalue weighted by Crippen LogP contribution is -2.51. The van der Waals surface area contributed by atoms with Crippen LogP contribution in [0.25, 0.3) is 0 Å². The molecule has 1 unspecified atom stereocenters. The second-order valence-electron chi connectivity index (χ2n) is 6.91. The molecule has 1 saturated heterocycles. The number of rotatable bonds is 6. The van der Waals surface area contributed by atoms with Crippen molar-refractivity contribution in [1.29, 1.82) is 0 Å². The maximum atomic E-state index is 12.2. The minimum absolute atomic E-state index is 0.0534. The Balaban J connectivity index is 1.83. The van der Waals surface area contributed by atoms with Gasteiger partial charge >= 0.3 is 0 Å². The maximum absolute atomic E-state index is 12.2. The second kappa shape index (κ2) is 8.25. The summed E-state index contributed by atoms with van der Waals surface area (Å²) >= 11 is 0. The average Bonchev–Trinajstić information content (AvgIpc) is 2.52. The molecule has 0 bridgehead atoms. The van der Waals surface area contributed by atoms with Crippen molar-refractivity contribution in [2.75, 3.05) is 19.6 Å². The van der Waals surface area contributed by atoms with Gasteiger partial charge in [-0.15, -0.1) is 0 Å². The molecule has 1 aliphatic rings. The lowest BCUT2D eigenvalue weighted by atomic mass is 9.99. The zero-order valence-electron chi connectivity index (χ0n) is 14.5. The van der Waals surface area contributed by atoms with Gasteiger partial charge in [0.25, 0.3) is 0 Å². The van der Waals surface area contributed by atoms with E-state index in [2.05, 4.69) is 26.1 Å². The highest BCUT2D eigenvalue weighted by Crippen LogP contribution is 2.13.